The fourth-order valence-corrected chi connectivity index (χ4v) is 2.66. The topological polar surface area (TPSA) is 63.2 Å². The average Bonchev–Trinajstić information content (AvgIpc) is 3.26. The van der Waals surface area contributed by atoms with E-state index < -0.39 is 0 Å². The molecule has 1 unspecified atom stereocenters. The molecule has 1 saturated carbocycles. The number of rotatable bonds is 4. The molecule has 3 rings (SSSR count). The second-order valence-electron chi connectivity index (χ2n) is 5.68. The predicted octanol–water partition coefficient (Wildman–Crippen LogP) is 2.19. The molecule has 1 saturated heterocycles. The van der Waals surface area contributed by atoms with Crippen LogP contribution < -0.4 is 5.32 Å². The Kier molecular flexibility index (Phi) is 3.38. The number of imide groups is 1. The molecule has 0 aromatic heterocycles. The van der Waals surface area contributed by atoms with Gasteiger partial charge in [-0.1, -0.05) is 18.2 Å². The van der Waals surface area contributed by atoms with Gasteiger partial charge in [0, 0.05) is 24.3 Å². The summed E-state index contributed by atoms with van der Waals surface area (Å²) in [6.07, 6.45) is 3.38. The van der Waals surface area contributed by atoms with Crippen LogP contribution in [0, 0.1) is 5.92 Å². The lowest BCUT2D eigenvalue weighted by molar-refractivity contribution is -0.136. The summed E-state index contributed by atoms with van der Waals surface area (Å²) in [5, 5.41) is 2.30. The number of Topliss-reactive ketones (excluding diaryl/α,β-unsaturated/α-hetero) is 1. The molecule has 1 aromatic carbocycles. The smallest absolute Gasteiger partial charge is 0.230 e. The number of amides is 2. The fourth-order valence-electron chi connectivity index (χ4n) is 2.66. The summed E-state index contributed by atoms with van der Waals surface area (Å²) in [4.78, 5) is 35.0. The minimum absolute atomic E-state index is 0.0120. The maximum absolute atomic E-state index is 12.3. The first kappa shape index (κ1) is 13.0. The Labute approximate surface area is 117 Å². The van der Waals surface area contributed by atoms with Crippen molar-refractivity contribution < 1.29 is 14.4 Å². The van der Waals surface area contributed by atoms with Crippen molar-refractivity contribution in [1.82, 2.24) is 5.32 Å². The first-order valence-corrected chi connectivity index (χ1v) is 7.10. The maximum atomic E-state index is 12.3. The van der Waals surface area contributed by atoms with Crippen LogP contribution >= 0.6 is 0 Å². The van der Waals surface area contributed by atoms with Gasteiger partial charge in [0.1, 0.15) is 0 Å². The van der Waals surface area contributed by atoms with E-state index in [9.17, 15) is 14.4 Å². The number of benzene rings is 1. The van der Waals surface area contributed by atoms with E-state index in [0.29, 0.717) is 24.3 Å². The second kappa shape index (κ2) is 5.19. The summed E-state index contributed by atoms with van der Waals surface area (Å²) in [5.74, 6) is -0.326. The van der Waals surface area contributed by atoms with Gasteiger partial charge in [0.2, 0.25) is 11.8 Å². The van der Waals surface area contributed by atoms with Crippen LogP contribution in [0.1, 0.15) is 53.9 Å². The van der Waals surface area contributed by atoms with Crippen LogP contribution in [0.3, 0.4) is 0 Å². The SMILES string of the molecule is O=C1CCC(CC(=O)c2cccc(C3CC3)c2)C(=O)N1. The highest BCUT2D eigenvalue weighted by Gasteiger charge is 2.29. The predicted molar refractivity (Wildman–Crippen MR) is 73.2 cm³/mol. The number of hydrogen-bond acceptors (Lipinski definition) is 3. The number of carbonyl (C=O) groups is 3. The molecular weight excluding hydrogens is 254 g/mol. The highest BCUT2D eigenvalue weighted by atomic mass is 16.2. The standard InChI is InChI=1S/C16H17NO3/c18-14(9-13-6-7-15(19)17-16(13)20)12-3-1-2-11(8-12)10-4-5-10/h1-3,8,10,13H,4-7,9H2,(H,17,19,20). The Balaban J connectivity index is 1.68. The van der Waals surface area contributed by atoms with Gasteiger partial charge >= 0.3 is 0 Å². The highest BCUT2D eigenvalue weighted by molar-refractivity contribution is 6.03. The lowest BCUT2D eigenvalue weighted by atomic mass is 9.90. The molecule has 1 aliphatic carbocycles. The first-order chi connectivity index (χ1) is 9.63. The van der Waals surface area contributed by atoms with E-state index in [2.05, 4.69) is 11.4 Å². The van der Waals surface area contributed by atoms with Crippen molar-refractivity contribution in [2.24, 2.45) is 5.92 Å². The number of nitrogens with one attached hydrogen (secondary N) is 1. The number of ketones is 1. The Morgan fingerprint density at radius 2 is 2.00 bits per heavy atom. The van der Waals surface area contributed by atoms with Crippen LogP contribution in [0.4, 0.5) is 0 Å². The largest absolute Gasteiger partial charge is 0.296 e. The van der Waals surface area contributed by atoms with Gasteiger partial charge in [-0.15, -0.1) is 0 Å². The Bertz CT molecular complexity index is 575. The third-order valence-corrected chi connectivity index (χ3v) is 4.04. The van der Waals surface area contributed by atoms with Crippen molar-refractivity contribution in [2.45, 2.75) is 38.0 Å². The summed E-state index contributed by atoms with van der Waals surface area (Å²) < 4.78 is 0. The molecule has 2 aliphatic rings. The molecule has 1 atom stereocenters. The Morgan fingerprint density at radius 1 is 1.20 bits per heavy atom. The molecule has 1 heterocycles. The van der Waals surface area contributed by atoms with Gasteiger partial charge in [0.25, 0.3) is 0 Å². The van der Waals surface area contributed by atoms with E-state index in [1.807, 2.05) is 12.1 Å². The van der Waals surface area contributed by atoms with E-state index in [1.54, 1.807) is 6.07 Å². The Morgan fingerprint density at radius 3 is 2.70 bits per heavy atom. The van der Waals surface area contributed by atoms with Crippen molar-refractivity contribution in [1.29, 1.82) is 0 Å². The fraction of sp³-hybridized carbons (Fsp3) is 0.438. The van der Waals surface area contributed by atoms with Gasteiger partial charge in [-0.3, -0.25) is 19.7 Å². The Hall–Kier alpha value is -1.97. The van der Waals surface area contributed by atoms with E-state index in [1.165, 1.54) is 18.4 Å². The van der Waals surface area contributed by atoms with Gasteiger partial charge in [-0.25, -0.2) is 0 Å². The van der Waals surface area contributed by atoms with E-state index in [-0.39, 0.29) is 29.9 Å². The minimum Gasteiger partial charge on any atom is -0.296 e. The van der Waals surface area contributed by atoms with Gasteiger partial charge in [0.15, 0.2) is 5.78 Å². The molecule has 2 amide bonds. The highest BCUT2D eigenvalue weighted by Crippen LogP contribution is 2.40. The normalized spacial score (nSPS) is 22.5. The molecular formula is C16H17NO3. The quantitative estimate of drug-likeness (QED) is 0.674. The van der Waals surface area contributed by atoms with Crippen LogP contribution in [0.25, 0.3) is 0 Å². The monoisotopic (exact) mass is 271 g/mol. The lowest BCUT2D eigenvalue weighted by Gasteiger charge is -2.20. The third-order valence-electron chi connectivity index (χ3n) is 4.04. The van der Waals surface area contributed by atoms with E-state index >= 15 is 0 Å². The lowest BCUT2D eigenvalue weighted by Crippen LogP contribution is -2.41. The van der Waals surface area contributed by atoms with Crippen LogP contribution in [0.2, 0.25) is 0 Å². The summed E-state index contributed by atoms with van der Waals surface area (Å²) in [5.41, 5.74) is 1.90. The average molecular weight is 271 g/mol. The van der Waals surface area contributed by atoms with Gasteiger partial charge in [0.05, 0.1) is 0 Å². The van der Waals surface area contributed by atoms with Crippen LogP contribution in [-0.4, -0.2) is 17.6 Å². The summed E-state index contributed by atoms with van der Waals surface area (Å²) in [6.45, 7) is 0. The van der Waals surface area contributed by atoms with Crippen LogP contribution in [0.5, 0.6) is 0 Å². The molecule has 1 aromatic rings. The van der Waals surface area contributed by atoms with Gasteiger partial charge in [-0.05, 0) is 36.8 Å². The summed E-state index contributed by atoms with van der Waals surface area (Å²) >= 11 is 0. The number of carbonyl (C=O) groups excluding carboxylic acids is 3. The van der Waals surface area contributed by atoms with Crippen LogP contribution in [-0.2, 0) is 9.59 Å². The molecule has 4 heteroatoms. The number of piperidine rings is 1. The van der Waals surface area contributed by atoms with Crippen molar-refractivity contribution in [3.63, 3.8) is 0 Å². The molecule has 0 spiro atoms. The van der Waals surface area contributed by atoms with E-state index in [4.69, 9.17) is 0 Å². The van der Waals surface area contributed by atoms with Crippen molar-refractivity contribution in [2.75, 3.05) is 0 Å². The van der Waals surface area contributed by atoms with Crippen molar-refractivity contribution >= 4 is 17.6 Å². The van der Waals surface area contributed by atoms with Crippen molar-refractivity contribution in [3.05, 3.63) is 35.4 Å². The van der Waals surface area contributed by atoms with Crippen molar-refractivity contribution in [3.8, 4) is 0 Å². The maximum Gasteiger partial charge on any atom is 0.230 e. The zero-order valence-corrected chi connectivity index (χ0v) is 11.2. The van der Waals surface area contributed by atoms with Gasteiger partial charge in [-0.2, -0.15) is 0 Å². The molecule has 1 N–H and O–H groups in total. The molecule has 1 aliphatic heterocycles. The zero-order chi connectivity index (χ0) is 14.1. The molecule has 0 bridgehead atoms. The molecule has 2 fully saturated rings. The minimum atomic E-state index is -0.371. The third kappa shape index (κ3) is 2.79. The summed E-state index contributed by atoms with van der Waals surface area (Å²) in [6, 6.07) is 7.72. The zero-order valence-electron chi connectivity index (χ0n) is 11.2. The first-order valence-electron chi connectivity index (χ1n) is 7.10. The molecule has 4 nitrogen and oxygen atoms in total. The van der Waals surface area contributed by atoms with Gasteiger partial charge < -0.3 is 0 Å². The molecule has 0 radical (unpaired) electrons. The molecule has 20 heavy (non-hydrogen) atoms. The van der Waals surface area contributed by atoms with Crippen LogP contribution in [0.15, 0.2) is 24.3 Å². The number of hydrogen-bond donors (Lipinski definition) is 1. The summed E-state index contributed by atoms with van der Waals surface area (Å²) in [7, 11) is 0. The van der Waals surface area contributed by atoms with E-state index in [0.717, 1.165) is 0 Å². The second-order valence-corrected chi connectivity index (χ2v) is 5.68. The molecule has 104 valence electrons.